The van der Waals surface area contributed by atoms with Gasteiger partial charge in [-0.3, -0.25) is 4.79 Å². The zero-order chi connectivity index (χ0) is 13.1. The molecule has 0 aliphatic rings. The number of carbonyl (C=O) groups excluding carboxylic acids is 1. The van der Waals surface area contributed by atoms with E-state index in [2.05, 4.69) is 21.2 Å². The van der Waals surface area contributed by atoms with E-state index in [0.717, 1.165) is 0 Å². The Kier molecular flexibility index (Phi) is 3.62. The topological polar surface area (TPSA) is 55.1 Å². The predicted octanol–water partition coefficient (Wildman–Crippen LogP) is 3.42. The molecule has 3 nitrogen and oxygen atoms in total. The molecule has 0 radical (unpaired) electrons. The Balaban J connectivity index is 2.21. The lowest BCUT2D eigenvalue weighted by atomic mass is 10.2. The van der Waals surface area contributed by atoms with Crippen LogP contribution in [0.15, 0.2) is 46.9 Å². The molecule has 0 heterocycles. The molecule has 0 unspecified atom stereocenters. The molecule has 2 rings (SSSR count). The van der Waals surface area contributed by atoms with Crippen LogP contribution in [0, 0.1) is 5.82 Å². The van der Waals surface area contributed by atoms with E-state index >= 15 is 0 Å². The van der Waals surface area contributed by atoms with Crippen LogP contribution in [-0.4, -0.2) is 5.91 Å². The van der Waals surface area contributed by atoms with Gasteiger partial charge in [-0.15, -0.1) is 0 Å². The van der Waals surface area contributed by atoms with Crippen molar-refractivity contribution >= 4 is 33.2 Å². The van der Waals surface area contributed by atoms with Crippen molar-refractivity contribution in [2.75, 3.05) is 11.1 Å². The van der Waals surface area contributed by atoms with E-state index in [9.17, 15) is 9.18 Å². The zero-order valence-corrected chi connectivity index (χ0v) is 10.9. The van der Waals surface area contributed by atoms with E-state index in [4.69, 9.17) is 5.73 Å². The summed E-state index contributed by atoms with van der Waals surface area (Å²) in [5.74, 6) is -0.898. The lowest BCUT2D eigenvalue weighted by Crippen LogP contribution is -2.13. The Morgan fingerprint density at radius 1 is 1.22 bits per heavy atom. The van der Waals surface area contributed by atoms with Crippen molar-refractivity contribution in [2.24, 2.45) is 0 Å². The van der Waals surface area contributed by atoms with E-state index in [1.54, 1.807) is 24.3 Å². The summed E-state index contributed by atoms with van der Waals surface area (Å²) >= 11 is 3.15. The average molecular weight is 309 g/mol. The number of amides is 1. The van der Waals surface area contributed by atoms with Gasteiger partial charge >= 0.3 is 0 Å². The standard InChI is InChI=1S/C13H10BrFN2O/c14-9-4-5-12(11(15)7-9)17-13(18)8-2-1-3-10(16)6-8/h1-7H,16H2,(H,17,18). The first-order chi connectivity index (χ1) is 8.56. The minimum absolute atomic E-state index is 0.130. The summed E-state index contributed by atoms with van der Waals surface area (Å²) in [4.78, 5) is 11.9. The molecule has 1 amide bonds. The number of benzene rings is 2. The van der Waals surface area contributed by atoms with Gasteiger partial charge in [0.15, 0.2) is 0 Å². The molecule has 5 heteroatoms. The van der Waals surface area contributed by atoms with Gasteiger partial charge in [0.05, 0.1) is 5.69 Å². The molecular weight excluding hydrogens is 299 g/mol. The van der Waals surface area contributed by atoms with Crippen LogP contribution in [0.4, 0.5) is 15.8 Å². The monoisotopic (exact) mass is 308 g/mol. The Labute approximate surface area is 112 Å². The smallest absolute Gasteiger partial charge is 0.255 e. The Morgan fingerprint density at radius 2 is 2.00 bits per heavy atom. The van der Waals surface area contributed by atoms with E-state index in [0.29, 0.717) is 15.7 Å². The zero-order valence-electron chi connectivity index (χ0n) is 9.28. The summed E-state index contributed by atoms with van der Waals surface area (Å²) < 4.78 is 14.1. The van der Waals surface area contributed by atoms with Crippen LogP contribution in [0.3, 0.4) is 0 Å². The molecule has 0 fully saturated rings. The van der Waals surface area contributed by atoms with Crippen LogP contribution < -0.4 is 11.1 Å². The highest BCUT2D eigenvalue weighted by Crippen LogP contribution is 2.20. The van der Waals surface area contributed by atoms with Gasteiger partial charge in [-0.05, 0) is 36.4 Å². The van der Waals surface area contributed by atoms with E-state index < -0.39 is 11.7 Å². The summed E-state index contributed by atoms with van der Waals surface area (Å²) in [6.45, 7) is 0. The number of halogens is 2. The van der Waals surface area contributed by atoms with Crippen LogP contribution in [-0.2, 0) is 0 Å². The van der Waals surface area contributed by atoms with Crippen molar-refractivity contribution in [3.8, 4) is 0 Å². The fraction of sp³-hybridized carbons (Fsp3) is 0. The van der Waals surface area contributed by atoms with Gasteiger partial charge in [0.25, 0.3) is 5.91 Å². The number of carbonyl (C=O) groups is 1. The maximum absolute atomic E-state index is 13.5. The molecule has 2 aromatic rings. The quantitative estimate of drug-likeness (QED) is 0.835. The molecule has 92 valence electrons. The van der Waals surface area contributed by atoms with Gasteiger partial charge in [0, 0.05) is 15.7 Å². The van der Waals surface area contributed by atoms with Crippen LogP contribution in [0.2, 0.25) is 0 Å². The summed E-state index contributed by atoms with van der Waals surface area (Å²) in [6.07, 6.45) is 0. The molecule has 0 saturated heterocycles. The second-order valence-corrected chi connectivity index (χ2v) is 4.62. The maximum Gasteiger partial charge on any atom is 0.255 e. The first-order valence-electron chi connectivity index (χ1n) is 5.18. The summed E-state index contributed by atoms with van der Waals surface area (Å²) in [5.41, 5.74) is 6.58. The minimum Gasteiger partial charge on any atom is -0.399 e. The first kappa shape index (κ1) is 12.6. The molecule has 3 N–H and O–H groups in total. The summed E-state index contributed by atoms with van der Waals surface area (Å²) in [7, 11) is 0. The molecule has 0 bridgehead atoms. The van der Waals surface area contributed by atoms with E-state index in [-0.39, 0.29) is 5.69 Å². The predicted molar refractivity (Wildman–Crippen MR) is 72.9 cm³/mol. The molecule has 0 aromatic heterocycles. The molecule has 0 aliphatic carbocycles. The maximum atomic E-state index is 13.5. The number of anilines is 2. The van der Waals surface area contributed by atoms with E-state index in [1.165, 1.54) is 18.2 Å². The summed E-state index contributed by atoms with van der Waals surface area (Å²) in [5, 5.41) is 2.49. The number of hydrogen-bond acceptors (Lipinski definition) is 2. The molecular formula is C13H10BrFN2O. The third kappa shape index (κ3) is 2.87. The molecule has 0 atom stereocenters. The van der Waals surface area contributed by atoms with Gasteiger partial charge in [0.2, 0.25) is 0 Å². The number of nitrogens with one attached hydrogen (secondary N) is 1. The van der Waals surface area contributed by atoms with Gasteiger partial charge in [0.1, 0.15) is 5.82 Å². The Bertz CT molecular complexity index is 601. The lowest BCUT2D eigenvalue weighted by molar-refractivity contribution is 0.102. The van der Waals surface area contributed by atoms with Crippen molar-refractivity contribution in [1.82, 2.24) is 0 Å². The van der Waals surface area contributed by atoms with Crippen molar-refractivity contribution < 1.29 is 9.18 Å². The Hall–Kier alpha value is -1.88. The average Bonchev–Trinajstić information content (AvgIpc) is 2.32. The van der Waals surface area contributed by atoms with Crippen LogP contribution in [0.1, 0.15) is 10.4 Å². The third-order valence-corrected chi connectivity index (χ3v) is 2.82. The highest BCUT2D eigenvalue weighted by molar-refractivity contribution is 9.10. The van der Waals surface area contributed by atoms with Gasteiger partial charge in [-0.2, -0.15) is 0 Å². The number of nitrogen functional groups attached to an aromatic ring is 1. The number of hydrogen-bond donors (Lipinski definition) is 2. The van der Waals surface area contributed by atoms with Crippen molar-refractivity contribution in [2.45, 2.75) is 0 Å². The van der Waals surface area contributed by atoms with Crippen molar-refractivity contribution in [3.05, 3.63) is 58.3 Å². The SMILES string of the molecule is Nc1cccc(C(=O)Nc2ccc(Br)cc2F)c1. The highest BCUT2D eigenvalue weighted by atomic mass is 79.9. The van der Waals surface area contributed by atoms with Gasteiger partial charge in [-0.1, -0.05) is 22.0 Å². The molecule has 0 aliphatic heterocycles. The third-order valence-electron chi connectivity index (χ3n) is 2.33. The van der Waals surface area contributed by atoms with Crippen molar-refractivity contribution in [3.63, 3.8) is 0 Å². The van der Waals surface area contributed by atoms with Crippen LogP contribution >= 0.6 is 15.9 Å². The molecule has 18 heavy (non-hydrogen) atoms. The molecule has 0 spiro atoms. The lowest BCUT2D eigenvalue weighted by Gasteiger charge is -2.07. The van der Waals surface area contributed by atoms with Crippen LogP contribution in [0.5, 0.6) is 0 Å². The molecule has 2 aromatic carbocycles. The normalized spacial score (nSPS) is 10.1. The van der Waals surface area contributed by atoms with E-state index in [1.807, 2.05) is 0 Å². The van der Waals surface area contributed by atoms with Crippen LogP contribution in [0.25, 0.3) is 0 Å². The highest BCUT2D eigenvalue weighted by Gasteiger charge is 2.09. The van der Waals surface area contributed by atoms with Crippen molar-refractivity contribution in [1.29, 1.82) is 0 Å². The van der Waals surface area contributed by atoms with Gasteiger partial charge < -0.3 is 11.1 Å². The minimum atomic E-state index is -0.498. The largest absolute Gasteiger partial charge is 0.399 e. The second kappa shape index (κ2) is 5.18. The number of nitrogens with two attached hydrogens (primary N) is 1. The van der Waals surface area contributed by atoms with Gasteiger partial charge in [-0.25, -0.2) is 4.39 Å². The summed E-state index contributed by atoms with van der Waals surface area (Å²) in [6, 6.07) is 10.9. The number of rotatable bonds is 2. The molecule has 0 saturated carbocycles. The fourth-order valence-electron chi connectivity index (χ4n) is 1.47. The second-order valence-electron chi connectivity index (χ2n) is 3.70. The fourth-order valence-corrected chi connectivity index (χ4v) is 1.80. The Morgan fingerprint density at radius 3 is 2.67 bits per heavy atom. The first-order valence-corrected chi connectivity index (χ1v) is 5.97.